The van der Waals surface area contributed by atoms with Gasteiger partial charge >= 0.3 is 0 Å². The van der Waals surface area contributed by atoms with Crippen LogP contribution in [-0.2, 0) is 17.1 Å². The van der Waals surface area contributed by atoms with Gasteiger partial charge in [-0.05, 0) is 36.4 Å². The summed E-state index contributed by atoms with van der Waals surface area (Å²) in [6.45, 7) is 0. The second-order valence-electron chi connectivity index (χ2n) is 7.68. The predicted molar refractivity (Wildman–Crippen MR) is 121 cm³/mol. The Morgan fingerprint density at radius 2 is 1.79 bits per heavy atom. The maximum Gasteiger partial charge on any atom is 0.274 e. The lowest BCUT2D eigenvalue weighted by Crippen LogP contribution is -2.16. The van der Waals surface area contributed by atoms with Gasteiger partial charge in [-0.2, -0.15) is 0 Å². The van der Waals surface area contributed by atoms with E-state index in [9.17, 15) is 22.0 Å². The number of nitrogens with one attached hydrogen (secondary N) is 1. The molecule has 1 N–H and O–H groups in total. The zero-order valence-corrected chi connectivity index (χ0v) is 18.3. The van der Waals surface area contributed by atoms with Gasteiger partial charge in [-0.3, -0.25) is 4.79 Å². The van der Waals surface area contributed by atoms with Crippen LogP contribution in [0.25, 0.3) is 32.9 Å². The monoisotopic (exact) mass is 469 g/mol. The lowest BCUT2D eigenvalue weighted by molar-refractivity contribution is 0.439. The largest absolute Gasteiger partial charge is 0.454 e. The first kappa shape index (κ1) is 21.0. The van der Waals surface area contributed by atoms with E-state index in [1.54, 1.807) is 43.7 Å². The smallest absolute Gasteiger partial charge is 0.274 e. The van der Waals surface area contributed by atoms with Gasteiger partial charge in [0.15, 0.2) is 11.6 Å². The average molecular weight is 469 g/mol. The first-order valence-electron chi connectivity index (χ1n) is 9.79. The van der Waals surface area contributed by atoms with Crippen molar-refractivity contribution in [1.82, 2.24) is 13.5 Å². The number of hydrogen-bond acceptors (Lipinski definition) is 4. The summed E-state index contributed by atoms with van der Waals surface area (Å²) in [7, 11) is -2.01. The quantitative estimate of drug-likeness (QED) is 0.424. The molecule has 10 heteroatoms. The lowest BCUT2D eigenvalue weighted by atomic mass is 10.0. The van der Waals surface area contributed by atoms with Crippen LogP contribution in [0.15, 0.2) is 65.8 Å². The van der Waals surface area contributed by atoms with Gasteiger partial charge in [0.25, 0.3) is 5.56 Å². The summed E-state index contributed by atoms with van der Waals surface area (Å²) in [5.74, 6) is -1.62. The Hall–Kier alpha value is -3.92. The highest BCUT2D eigenvalue weighted by Crippen LogP contribution is 2.40. The molecule has 0 unspecified atom stereocenters. The van der Waals surface area contributed by atoms with E-state index in [0.29, 0.717) is 39.0 Å². The first-order chi connectivity index (χ1) is 15.6. The molecule has 7 nitrogen and oxygen atoms in total. The zero-order chi connectivity index (χ0) is 23.5. The topological polar surface area (TPSA) is 86.1 Å². The minimum atomic E-state index is -3.60. The fourth-order valence-electron chi connectivity index (χ4n) is 3.88. The normalized spacial score (nSPS) is 12.0. The van der Waals surface area contributed by atoms with Gasteiger partial charge in [0.05, 0.1) is 11.8 Å². The van der Waals surface area contributed by atoms with Crippen LogP contribution >= 0.6 is 0 Å². The van der Waals surface area contributed by atoms with Crippen LogP contribution in [0.2, 0.25) is 0 Å². The van der Waals surface area contributed by atoms with Crippen molar-refractivity contribution in [3.05, 3.63) is 83.0 Å². The fourth-order valence-corrected chi connectivity index (χ4v) is 4.68. The molecule has 168 valence electrons. The lowest BCUT2D eigenvalue weighted by Gasteiger charge is -2.15. The molecule has 33 heavy (non-hydrogen) atoms. The van der Waals surface area contributed by atoms with Crippen LogP contribution in [0, 0.1) is 11.6 Å². The van der Waals surface area contributed by atoms with E-state index in [2.05, 4.69) is 4.98 Å². The number of nitrogens with zero attached hydrogens (tertiary/aromatic N) is 2. The Bertz CT molecular complexity index is 1730. The third kappa shape index (κ3) is 3.48. The van der Waals surface area contributed by atoms with E-state index in [0.717, 1.165) is 16.3 Å². The molecule has 0 aliphatic rings. The molecule has 0 saturated heterocycles. The fraction of sp³-hybridized carbons (Fsp3) is 0.0870. The minimum absolute atomic E-state index is 0.199. The number of halogens is 2. The molecule has 0 fully saturated rings. The van der Waals surface area contributed by atoms with Gasteiger partial charge in [0.1, 0.15) is 17.1 Å². The second-order valence-corrected chi connectivity index (χ2v) is 9.54. The number of fused-ring (bicyclic) bond motifs is 2. The number of aryl methyl sites for hydroxylation is 1. The summed E-state index contributed by atoms with van der Waals surface area (Å²) in [5, 5.41) is 1.12. The van der Waals surface area contributed by atoms with E-state index in [1.165, 1.54) is 16.8 Å². The second kappa shape index (κ2) is 7.31. The number of ether oxygens (including phenoxy) is 1. The molecule has 5 aromatic rings. The third-order valence-corrected chi connectivity index (χ3v) is 6.44. The molecule has 3 heterocycles. The zero-order valence-electron chi connectivity index (χ0n) is 17.5. The number of benzene rings is 2. The molecule has 0 atom stereocenters. The summed E-state index contributed by atoms with van der Waals surface area (Å²) in [4.78, 5) is 15.4. The van der Waals surface area contributed by atoms with E-state index >= 15 is 0 Å². The number of H-pyrrole nitrogens is 1. The van der Waals surface area contributed by atoms with Gasteiger partial charge in [-0.1, -0.05) is 0 Å². The van der Waals surface area contributed by atoms with Crippen LogP contribution < -0.4 is 10.3 Å². The SMILES string of the molecule is Cn1cc(-c2cc3c(ccn3S(C)(=O)=O)cc2Oc2ccc(F)cc2F)c2cc[nH]c2c1=O. The number of aromatic amines is 1. The van der Waals surface area contributed by atoms with E-state index in [1.807, 2.05) is 0 Å². The standard InChI is InChI=1S/C23H17F2N3O4S/c1-27-12-17(15-5-7-26-22(15)23(27)29)16-11-19-13(6-8-28(19)33(2,30)31)9-21(16)32-20-4-3-14(24)10-18(20)25/h3-12,26H,1-2H3. The molecule has 3 aromatic heterocycles. The highest BCUT2D eigenvalue weighted by molar-refractivity contribution is 7.89. The molecule has 0 spiro atoms. The first-order valence-corrected chi connectivity index (χ1v) is 11.6. The van der Waals surface area contributed by atoms with E-state index in [4.69, 9.17) is 4.74 Å². The van der Waals surface area contributed by atoms with Crippen molar-refractivity contribution in [3.63, 3.8) is 0 Å². The van der Waals surface area contributed by atoms with Crippen LogP contribution in [0.5, 0.6) is 11.5 Å². The molecule has 0 aliphatic carbocycles. The molecule has 0 saturated carbocycles. The van der Waals surface area contributed by atoms with Gasteiger partial charge < -0.3 is 14.3 Å². The molecular formula is C23H17F2N3O4S. The molecule has 2 aromatic carbocycles. The van der Waals surface area contributed by atoms with Crippen molar-refractivity contribution in [1.29, 1.82) is 0 Å². The Morgan fingerprint density at radius 3 is 2.52 bits per heavy atom. The van der Waals surface area contributed by atoms with Crippen molar-refractivity contribution < 1.29 is 21.9 Å². The van der Waals surface area contributed by atoms with Crippen molar-refractivity contribution >= 4 is 31.8 Å². The number of hydrogen-bond donors (Lipinski definition) is 1. The summed E-state index contributed by atoms with van der Waals surface area (Å²) < 4.78 is 60.7. The van der Waals surface area contributed by atoms with Gasteiger partial charge in [0.2, 0.25) is 10.0 Å². The molecule has 0 amide bonds. The third-order valence-electron chi connectivity index (χ3n) is 5.41. The number of rotatable bonds is 4. The highest BCUT2D eigenvalue weighted by atomic mass is 32.2. The van der Waals surface area contributed by atoms with Crippen LogP contribution in [0.4, 0.5) is 8.78 Å². The highest BCUT2D eigenvalue weighted by Gasteiger charge is 2.20. The van der Waals surface area contributed by atoms with Gasteiger partial charge in [-0.15, -0.1) is 0 Å². The van der Waals surface area contributed by atoms with E-state index in [-0.39, 0.29) is 17.1 Å². The van der Waals surface area contributed by atoms with Crippen LogP contribution in [0.3, 0.4) is 0 Å². The van der Waals surface area contributed by atoms with Crippen molar-refractivity contribution in [2.24, 2.45) is 7.05 Å². The van der Waals surface area contributed by atoms with Crippen LogP contribution in [0.1, 0.15) is 0 Å². The van der Waals surface area contributed by atoms with Crippen molar-refractivity contribution in [2.45, 2.75) is 0 Å². The minimum Gasteiger partial charge on any atom is -0.454 e. The van der Waals surface area contributed by atoms with Crippen molar-refractivity contribution in [3.8, 4) is 22.6 Å². The summed E-state index contributed by atoms with van der Waals surface area (Å²) in [6.07, 6.45) is 5.72. The molecule has 0 radical (unpaired) electrons. The molecule has 0 aliphatic heterocycles. The van der Waals surface area contributed by atoms with Gasteiger partial charge in [-0.25, -0.2) is 21.2 Å². The Kier molecular flexibility index (Phi) is 4.64. The Labute approximate surface area is 186 Å². The maximum absolute atomic E-state index is 14.4. The molecular weight excluding hydrogens is 452 g/mol. The molecule has 5 rings (SSSR count). The summed E-state index contributed by atoms with van der Waals surface area (Å²) in [6, 6.07) is 9.47. The van der Waals surface area contributed by atoms with Crippen LogP contribution in [-0.4, -0.2) is 28.2 Å². The van der Waals surface area contributed by atoms with E-state index < -0.39 is 21.7 Å². The molecule has 0 bridgehead atoms. The summed E-state index contributed by atoms with van der Waals surface area (Å²) >= 11 is 0. The van der Waals surface area contributed by atoms with Gasteiger partial charge in [0, 0.05) is 53.6 Å². The van der Waals surface area contributed by atoms with Crippen molar-refractivity contribution in [2.75, 3.05) is 6.26 Å². The maximum atomic E-state index is 14.4. The Balaban J connectivity index is 1.84. The average Bonchev–Trinajstić information content (AvgIpc) is 3.39. The Morgan fingerprint density at radius 1 is 1.00 bits per heavy atom. The predicted octanol–water partition coefficient (Wildman–Crippen LogP) is 4.37. The summed E-state index contributed by atoms with van der Waals surface area (Å²) in [5.41, 5.74) is 1.49. The number of pyridine rings is 1. The number of aromatic nitrogens is 3.